The van der Waals surface area contributed by atoms with Gasteiger partial charge < -0.3 is 9.84 Å². The van der Waals surface area contributed by atoms with Crippen molar-refractivity contribution in [1.29, 1.82) is 0 Å². The van der Waals surface area contributed by atoms with Crippen LogP contribution in [0.2, 0.25) is 0 Å². The average Bonchev–Trinajstić information content (AvgIpc) is 2.93. The highest BCUT2D eigenvalue weighted by molar-refractivity contribution is 5.54. The van der Waals surface area contributed by atoms with Crippen LogP contribution in [0.25, 0.3) is 11.4 Å². The van der Waals surface area contributed by atoms with E-state index in [0.717, 1.165) is 16.9 Å². The largest absolute Gasteiger partial charge is 0.366 e. The minimum Gasteiger partial charge on any atom is -0.366 e. The summed E-state index contributed by atoms with van der Waals surface area (Å²) < 4.78 is 4.97. The lowest BCUT2D eigenvalue weighted by Gasteiger charge is -2.05. The third kappa shape index (κ3) is 2.80. The second kappa shape index (κ2) is 5.48. The van der Waals surface area contributed by atoms with Crippen molar-refractivity contribution >= 4 is 5.82 Å². The molecule has 100 valence electrons. The van der Waals surface area contributed by atoms with Crippen LogP contribution in [-0.4, -0.2) is 20.1 Å². The molecule has 0 radical (unpaired) electrons. The van der Waals surface area contributed by atoms with Crippen molar-refractivity contribution in [3.63, 3.8) is 0 Å². The van der Waals surface area contributed by atoms with E-state index in [1.54, 1.807) is 13.1 Å². The number of nitrogens with zero attached hydrogens (tertiary/aromatic N) is 4. The molecule has 1 aromatic carbocycles. The van der Waals surface area contributed by atoms with Gasteiger partial charge in [0.1, 0.15) is 12.1 Å². The molecule has 0 aliphatic heterocycles. The first-order chi connectivity index (χ1) is 9.81. The molecule has 0 aliphatic rings. The fourth-order valence-electron chi connectivity index (χ4n) is 1.78. The number of benzene rings is 1. The Kier molecular flexibility index (Phi) is 3.36. The molecule has 0 saturated heterocycles. The molecule has 0 bridgehead atoms. The number of hydrogen-bond acceptors (Lipinski definition) is 6. The van der Waals surface area contributed by atoms with Crippen LogP contribution in [0.3, 0.4) is 0 Å². The van der Waals surface area contributed by atoms with Gasteiger partial charge in [0, 0.05) is 25.2 Å². The Hall–Kier alpha value is -2.76. The highest BCUT2D eigenvalue weighted by Crippen LogP contribution is 2.16. The van der Waals surface area contributed by atoms with Gasteiger partial charge in [0.25, 0.3) is 0 Å². The van der Waals surface area contributed by atoms with Crippen molar-refractivity contribution in [3.05, 3.63) is 54.3 Å². The zero-order valence-electron chi connectivity index (χ0n) is 10.9. The van der Waals surface area contributed by atoms with Gasteiger partial charge >= 0.3 is 0 Å². The smallest absolute Gasteiger partial charge is 0.223 e. The zero-order valence-corrected chi connectivity index (χ0v) is 10.9. The van der Waals surface area contributed by atoms with E-state index in [9.17, 15) is 0 Å². The predicted molar refractivity (Wildman–Crippen MR) is 73.8 cm³/mol. The van der Waals surface area contributed by atoms with Crippen LogP contribution in [0.15, 0.2) is 47.4 Å². The average molecular weight is 267 g/mol. The van der Waals surface area contributed by atoms with Crippen molar-refractivity contribution in [3.8, 4) is 11.4 Å². The molecule has 3 rings (SSSR count). The van der Waals surface area contributed by atoms with E-state index in [0.29, 0.717) is 18.3 Å². The fourth-order valence-corrected chi connectivity index (χ4v) is 1.78. The molecular weight excluding hydrogens is 254 g/mol. The summed E-state index contributed by atoms with van der Waals surface area (Å²) in [6.45, 7) is 2.47. The van der Waals surface area contributed by atoms with Crippen LogP contribution in [0.4, 0.5) is 5.82 Å². The zero-order chi connectivity index (χ0) is 13.8. The van der Waals surface area contributed by atoms with Gasteiger partial charge in [-0.25, -0.2) is 9.97 Å². The maximum atomic E-state index is 4.97. The number of hydrogen-bond donors (Lipinski definition) is 1. The molecule has 2 heterocycles. The van der Waals surface area contributed by atoms with Crippen molar-refractivity contribution in [1.82, 2.24) is 20.1 Å². The Labute approximate surface area is 115 Å². The number of rotatable bonds is 4. The first-order valence-electron chi connectivity index (χ1n) is 6.21. The lowest BCUT2D eigenvalue weighted by atomic mass is 10.1. The summed E-state index contributed by atoms with van der Waals surface area (Å²) in [6.07, 6.45) is 3.22. The molecule has 0 spiro atoms. The van der Waals surface area contributed by atoms with Gasteiger partial charge in [-0.3, -0.25) is 0 Å². The Bertz CT molecular complexity index is 678. The molecule has 0 saturated carbocycles. The van der Waals surface area contributed by atoms with Crippen LogP contribution < -0.4 is 5.32 Å². The van der Waals surface area contributed by atoms with E-state index in [4.69, 9.17) is 4.52 Å². The number of aromatic nitrogens is 4. The highest BCUT2D eigenvalue weighted by Gasteiger charge is 2.05. The molecular formula is C14H13N5O. The van der Waals surface area contributed by atoms with Gasteiger partial charge in [-0.05, 0) is 11.6 Å². The third-order valence-electron chi connectivity index (χ3n) is 2.80. The number of anilines is 1. The summed E-state index contributed by atoms with van der Waals surface area (Å²) in [4.78, 5) is 12.2. The highest BCUT2D eigenvalue weighted by atomic mass is 16.5. The van der Waals surface area contributed by atoms with Crippen molar-refractivity contribution in [2.45, 2.75) is 13.5 Å². The standard InChI is InChI=1S/C14H13N5O/c1-10-18-14(19-20-10)12-4-2-11(3-5-12)8-16-13-6-7-15-9-17-13/h2-7,9H,8H2,1H3,(H,15,16,17). The minimum atomic E-state index is 0.564. The second-order valence-electron chi connectivity index (χ2n) is 4.28. The first kappa shape index (κ1) is 12.3. The van der Waals surface area contributed by atoms with E-state index in [1.165, 1.54) is 6.33 Å². The van der Waals surface area contributed by atoms with Crippen LogP contribution >= 0.6 is 0 Å². The maximum Gasteiger partial charge on any atom is 0.223 e. The van der Waals surface area contributed by atoms with Crippen LogP contribution in [0, 0.1) is 6.92 Å². The third-order valence-corrected chi connectivity index (χ3v) is 2.80. The summed E-state index contributed by atoms with van der Waals surface area (Å²) >= 11 is 0. The quantitative estimate of drug-likeness (QED) is 0.782. The number of aryl methyl sites for hydroxylation is 1. The molecule has 3 aromatic rings. The van der Waals surface area contributed by atoms with E-state index in [2.05, 4.69) is 25.4 Å². The summed E-state index contributed by atoms with van der Waals surface area (Å²) in [5.74, 6) is 1.98. The van der Waals surface area contributed by atoms with Gasteiger partial charge in [-0.15, -0.1) is 0 Å². The molecule has 0 atom stereocenters. The lowest BCUT2D eigenvalue weighted by molar-refractivity contribution is 0.394. The summed E-state index contributed by atoms with van der Waals surface area (Å²) in [5, 5.41) is 7.11. The van der Waals surface area contributed by atoms with Crippen LogP contribution in [-0.2, 0) is 6.54 Å². The molecule has 6 heteroatoms. The van der Waals surface area contributed by atoms with E-state index in [-0.39, 0.29) is 0 Å². The second-order valence-corrected chi connectivity index (χ2v) is 4.28. The Balaban J connectivity index is 1.67. The SMILES string of the molecule is Cc1nc(-c2ccc(CNc3ccncn3)cc2)no1. The minimum absolute atomic E-state index is 0.564. The monoisotopic (exact) mass is 267 g/mol. The van der Waals surface area contributed by atoms with Crippen molar-refractivity contribution in [2.75, 3.05) is 5.32 Å². The molecule has 0 amide bonds. The molecule has 0 aliphatic carbocycles. The summed E-state index contributed by atoms with van der Waals surface area (Å²) in [7, 11) is 0. The molecule has 6 nitrogen and oxygen atoms in total. The van der Waals surface area contributed by atoms with Gasteiger partial charge in [0.05, 0.1) is 0 Å². The Morgan fingerprint density at radius 3 is 2.65 bits per heavy atom. The maximum absolute atomic E-state index is 4.97. The topological polar surface area (TPSA) is 76.7 Å². The Morgan fingerprint density at radius 2 is 2.00 bits per heavy atom. The van der Waals surface area contributed by atoms with Gasteiger partial charge in [-0.1, -0.05) is 29.4 Å². The van der Waals surface area contributed by atoms with Gasteiger partial charge in [0.15, 0.2) is 0 Å². The van der Waals surface area contributed by atoms with E-state index in [1.807, 2.05) is 30.3 Å². The van der Waals surface area contributed by atoms with Gasteiger partial charge in [0.2, 0.25) is 11.7 Å². The molecule has 20 heavy (non-hydrogen) atoms. The normalized spacial score (nSPS) is 10.4. The van der Waals surface area contributed by atoms with E-state index < -0.39 is 0 Å². The molecule has 0 fully saturated rings. The van der Waals surface area contributed by atoms with Crippen molar-refractivity contribution < 1.29 is 4.52 Å². The molecule has 1 N–H and O–H groups in total. The summed E-state index contributed by atoms with van der Waals surface area (Å²) in [6, 6.07) is 9.82. The predicted octanol–water partition coefficient (Wildman–Crippen LogP) is 2.45. The first-order valence-corrected chi connectivity index (χ1v) is 6.21. The summed E-state index contributed by atoms with van der Waals surface area (Å²) in [5.41, 5.74) is 2.08. The van der Waals surface area contributed by atoms with Crippen LogP contribution in [0.5, 0.6) is 0 Å². The lowest BCUT2D eigenvalue weighted by Crippen LogP contribution is -2.01. The van der Waals surface area contributed by atoms with Crippen molar-refractivity contribution in [2.24, 2.45) is 0 Å². The fraction of sp³-hybridized carbons (Fsp3) is 0.143. The van der Waals surface area contributed by atoms with Gasteiger partial charge in [-0.2, -0.15) is 4.98 Å². The number of nitrogens with one attached hydrogen (secondary N) is 1. The van der Waals surface area contributed by atoms with Crippen LogP contribution in [0.1, 0.15) is 11.5 Å². The van der Waals surface area contributed by atoms with E-state index >= 15 is 0 Å². The molecule has 0 unspecified atom stereocenters. The Morgan fingerprint density at radius 1 is 1.15 bits per heavy atom. The molecule has 2 aromatic heterocycles.